The summed E-state index contributed by atoms with van der Waals surface area (Å²) in [5.41, 5.74) is 7.06. The molecule has 6 aromatic rings. The van der Waals surface area contributed by atoms with E-state index in [0.717, 1.165) is 38.6 Å². The number of H-pyrrole nitrogens is 2. The van der Waals surface area contributed by atoms with Gasteiger partial charge in [-0.2, -0.15) is 5.10 Å². The Morgan fingerprint density at radius 2 is 1.71 bits per heavy atom. The van der Waals surface area contributed by atoms with E-state index in [1.165, 1.54) is 18.4 Å². The first-order valence-corrected chi connectivity index (χ1v) is 16.6. The zero-order chi connectivity index (χ0) is 31.9. The topological polar surface area (TPSA) is 133 Å². The number of fused-ring (bicyclic) bond motifs is 2. The summed E-state index contributed by atoms with van der Waals surface area (Å²) in [5.74, 6) is -0.587. The zero-order valence-electron chi connectivity index (χ0n) is 25.4. The second-order valence-electron chi connectivity index (χ2n) is 12.6. The molecule has 0 atom stereocenters. The number of nitrogens with zero attached hydrogens (tertiary/aromatic N) is 3. The molecule has 0 aliphatic rings. The molecule has 1 amide bonds. The lowest BCUT2D eigenvalue weighted by Gasteiger charge is -2.17. The van der Waals surface area contributed by atoms with Gasteiger partial charge in [-0.1, -0.05) is 26.8 Å². The molecule has 0 spiro atoms. The van der Waals surface area contributed by atoms with Crippen molar-refractivity contribution in [1.82, 2.24) is 25.1 Å². The SMILES string of the molecule is CC(C)(C)CC(=O)Nc1cncc(-c2ccc3[nH]nc(-c4cc5c(-c6cc(F)cc(CCS(C)(=O)=O)c6)nccc5[nH]4)c3c2)c1. The van der Waals surface area contributed by atoms with Gasteiger partial charge >= 0.3 is 0 Å². The van der Waals surface area contributed by atoms with E-state index in [1.807, 2.05) is 57.2 Å². The second kappa shape index (κ2) is 11.6. The summed E-state index contributed by atoms with van der Waals surface area (Å²) in [6.45, 7) is 6.06. The number of amides is 1. The van der Waals surface area contributed by atoms with Gasteiger partial charge in [0.1, 0.15) is 21.3 Å². The standard InChI is InChI=1S/C34H33FN6O3S/c1-34(2,3)17-31(42)38-25-14-23(18-36-19-25)21-5-6-29-26(15-21)33(41-40-29)30-16-27-28(39-30)7-9-37-32(27)22-11-20(12-24(35)13-22)8-10-45(4,43)44/h5-7,9,11-16,18-19,39H,8,10,17H2,1-4H3,(H,38,42)(H,40,41). The average Bonchev–Trinajstić information content (AvgIpc) is 3.58. The summed E-state index contributed by atoms with van der Waals surface area (Å²) in [6.07, 6.45) is 6.81. The molecule has 0 fully saturated rings. The maximum Gasteiger partial charge on any atom is 0.224 e. The average molecular weight is 625 g/mol. The summed E-state index contributed by atoms with van der Waals surface area (Å²) in [4.78, 5) is 24.8. The highest BCUT2D eigenvalue weighted by Crippen LogP contribution is 2.35. The van der Waals surface area contributed by atoms with Crippen LogP contribution in [0.4, 0.5) is 10.1 Å². The van der Waals surface area contributed by atoms with E-state index in [9.17, 15) is 17.6 Å². The highest BCUT2D eigenvalue weighted by molar-refractivity contribution is 7.90. The van der Waals surface area contributed by atoms with Crippen LogP contribution < -0.4 is 5.32 Å². The van der Waals surface area contributed by atoms with Crippen molar-refractivity contribution >= 4 is 43.2 Å². The number of aromatic nitrogens is 5. The van der Waals surface area contributed by atoms with Crippen LogP contribution in [-0.4, -0.2) is 51.5 Å². The number of carbonyl (C=O) groups excluding carboxylic acids is 1. The number of sulfone groups is 1. The van der Waals surface area contributed by atoms with Gasteiger partial charge in [-0.15, -0.1) is 0 Å². The van der Waals surface area contributed by atoms with Crippen LogP contribution in [0.25, 0.3) is 55.6 Å². The number of halogens is 1. The van der Waals surface area contributed by atoms with Crippen molar-refractivity contribution < 1.29 is 17.6 Å². The van der Waals surface area contributed by atoms with Gasteiger partial charge in [-0.25, -0.2) is 12.8 Å². The molecular formula is C34H33FN6O3S. The number of hydrogen-bond donors (Lipinski definition) is 3. The molecular weight excluding hydrogens is 591 g/mol. The van der Waals surface area contributed by atoms with E-state index >= 15 is 0 Å². The number of pyridine rings is 2. The molecule has 0 aliphatic heterocycles. The number of anilines is 1. The van der Waals surface area contributed by atoms with Crippen LogP contribution in [0, 0.1) is 11.2 Å². The molecule has 45 heavy (non-hydrogen) atoms. The Labute approximate surface area is 260 Å². The molecule has 4 aromatic heterocycles. The van der Waals surface area contributed by atoms with Crippen LogP contribution >= 0.6 is 0 Å². The molecule has 0 bridgehead atoms. The third kappa shape index (κ3) is 6.93. The van der Waals surface area contributed by atoms with Gasteiger partial charge < -0.3 is 10.3 Å². The van der Waals surface area contributed by atoms with Crippen molar-refractivity contribution in [2.75, 3.05) is 17.3 Å². The van der Waals surface area contributed by atoms with E-state index in [1.54, 1.807) is 24.7 Å². The highest BCUT2D eigenvalue weighted by Gasteiger charge is 2.18. The fraction of sp³-hybridized carbons (Fsp3) is 0.235. The summed E-state index contributed by atoms with van der Waals surface area (Å²) < 4.78 is 38.0. The number of aromatic amines is 2. The lowest BCUT2D eigenvalue weighted by atomic mass is 9.92. The Morgan fingerprint density at radius 1 is 0.911 bits per heavy atom. The minimum absolute atomic E-state index is 0.0648. The lowest BCUT2D eigenvalue weighted by molar-refractivity contribution is -0.117. The first-order valence-electron chi connectivity index (χ1n) is 14.5. The fourth-order valence-electron chi connectivity index (χ4n) is 5.40. The Balaban J connectivity index is 1.34. The van der Waals surface area contributed by atoms with Crippen LogP contribution in [0.3, 0.4) is 0 Å². The van der Waals surface area contributed by atoms with Crippen molar-refractivity contribution in [3.8, 4) is 33.8 Å². The van der Waals surface area contributed by atoms with E-state index < -0.39 is 15.7 Å². The molecule has 230 valence electrons. The van der Waals surface area contributed by atoms with Crippen LogP contribution in [0.1, 0.15) is 32.8 Å². The molecule has 9 nitrogen and oxygen atoms in total. The van der Waals surface area contributed by atoms with Crippen molar-refractivity contribution in [1.29, 1.82) is 0 Å². The maximum absolute atomic E-state index is 14.6. The van der Waals surface area contributed by atoms with Gasteiger partial charge in [0.25, 0.3) is 0 Å². The minimum atomic E-state index is -3.19. The Morgan fingerprint density at radius 3 is 2.49 bits per heavy atom. The smallest absolute Gasteiger partial charge is 0.224 e. The third-order valence-corrected chi connectivity index (χ3v) is 8.35. The zero-order valence-corrected chi connectivity index (χ0v) is 26.2. The Bertz CT molecular complexity index is 2180. The van der Waals surface area contributed by atoms with Crippen LogP contribution in [-0.2, 0) is 21.1 Å². The van der Waals surface area contributed by atoms with Crippen molar-refractivity contribution in [2.24, 2.45) is 5.41 Å². The maximum atomic E-state index is 14.6. The fourth-order valence-corrected chi connectivity index (χ4v) is 6.00. The molecule has 0 saturated carbocycles. The van der Waals surface area contributed by atoms with Crippen LogP contribution in [0.5, 0.6) is 0 Å². The molecule has 0 unspecified atom stereocenters. The van der Waals surface area contributed by atoms with Crippen molar-refractivity contribution in [2.45, 2.75) is 33.6 Å². The third-order valence-electron chi connectivity index (χ3n) is 7.40. The number of carbonyl (C=O) groups is 1. The van der Waals surface area contributed by atoms with Gasteiger partial charge in [0.05, 0.1) is 34.5 Å². The Hall–Kier alpha value is -4.90. The molecule has 3 N–H and O–H groups in total. The quantitative estimate of drug-likeness (QED) is 0.168. The molecule has 2 aromatic carbocycles. The molecule has 4 heterocycles. The number of nitrogens with one attached hydrogen (secondary N) is 3. The van der Waals surface area contributed by atoms with Crippen LogP contribution in [0.15, 0.2) is 73.2 Å². The molecule has 0 aliphatic carbocycles. The molecule has 0 radical (unpaired) electrons. The van der Waals surface area contributed by atoms with E-state index in [2.05, 4.69) is 30.5 Å². The molecule has 6 rings (SSSR count). The lowest BCUT2D eigenvalue weighted by Crippen LogP contribution is -2.19. The monoisotopic (exact) mass is 624 g/mol. The van der Waals surface area contributed by atoms with Crippen LogP contribution in [0.2, 0.25) is 0 Å². The van der Waals surface area contributed by atoms with Gasteiger partial charge in [0.15, 0.2) is 0 Å². The first kappa shape index (κ1) is 30.1. The molecule has 11 heteroatoms. The summed E-state index contributed by atoms with van der Waals surface area (Å²) in [7, 11) is -3.19. The van der Waals surface area contributed by atoms with Crippen molar-refractivity contribution in [3.63, 3.8) is 0 Å². The summed E-state index contributed by atoms with van der Waals surface area (Å²) >= 11 is 0. The van der Waals surface area contributed by atoms with Gasteiger partial charge in [-0.05, 0) is 71.5 Å². The predicted octanol–water partition coefficient (Wildman–Crippen LogP) is 6.94. The number of aryl methyl sites for hydroxylation is 1. The number of rotatable bonds is 8. The normalized spacial score (nSPS) is 12.2. The highest BCUT2D eigenvalue weighted by atomic mass is 32.2. The second-order valence-corrected chi connectivity index (χ2v) is 14.9. The first-order chi connectivity index (χ1) is 21.3. The predicted molar refractivity (Wildman–Crippen MR) is 176 cm³/mol. The van der Waals surface area contributed by atoms with E-state index in [-0.39, 0.29) is 23.5 Å². The largest absolute Gasteiger partial charge is 0.353 e. The van der Waals surface area contributed by atoms with Gasteiger partial charge in [0.2, 0.25) is 5.91 Å². The summed E-state index contributed by atoms with van der Waals surface area (Å²) in [5, 5.41) is 12.3. The van der Waals surface area contributed by atoms with E-state index in [0.29, 0.717) is 34.6 Å². The summed E-state index contributed by atoms with van der Waals surface area (Å²) in [6, 6.07) is 16.2. The Kier molecular flexibility index (Phi) is 7.74. The molecule has 0 saturated heterocycles. The number of hydrogen-bond acceptors (Lipinski definition) is 6. The van der Waals surface area contributed by atoms with Crippen molar-refractivity contribution in [3.05, 3.63) is 84.6 Å². The minimum Gasteiger partial charge on any atom is -0.353 e. The van der Waals surface area contributed by atoms with E-state index in [4.69, 9.17) is 0 Å². The number of benzene rings is 2. The van der Waals surface area contributed by atoms with Gasteiger partial charge in [0, 0.05) is 52.5 Å². The van der Waals surface area contributed by atoms with Gasteiger partial charge in [-0.3, -0.25) is 19.9 Å².